The predicted molar refractivity (Wildman–Crippen MR) is 92.5 cm³/mol. The van der Waals surface area contributed by atoms with Crippen LogP contribution in [0, 0.1) is 0 Å². The number of amides is 1. The lowest BCUT2D eigenvalue weighted by atomic mass is 10.1. The smallest absolute Gasteiger partial charge is 0.310 e. The molecule has 6 nitrogen and oxygen atoms in total. The molecular formula is C19H20N2O4. The first kappa shape index (κ1) is 17.0. The lowest BCUT2D eigenvalue weighted by molar-refractivity contribution is -0.142. The minimum Gasteiger partial charge on any atom is -0.467 e. The van der Waals surface area contributed by atoms with Crippen molar-refractivity contribution in [2.45, 2.75) is 32.9 Å². The Balaban J connectivity index is 1.88. The number of nitrogens with zero attached hydrogens (tertiary/aromatic N) is 2. The van der Waals surface area contributed by atoms with Crippen molar-refractivity contribution in [3.8, 4) is 5.75 Å². The van der Waals surface area contributed by atoms with Crippen LogP contribution in [-0.2, 0) is 16.0 Å². The van der Waals surface area contributed by atoms with Gasteiger partial charge in [-0.3, -0.25) is 14.5 Å². The number of benzene rings is 1. The van der Waals surface area contributed by atoms with Crippen LogP contribution in [-0.4, -0.2) is 29.2 Å². The molecule has 1 aliphatic rings. The first-order valence-electron chi connectivity index (χ1n) is 8.15. The molecule has 1 amide bonds. The molecule has 25 heavy (non-hydrogen) atoms. The molecule has 3 rings (SSSR count). The van der Waals surface area contributed by atoms with Gasteiger partial charge in [0, 0.05) is 6.20 Å². The van der Waals surface area contributed by atoms with E-state index in [1.807, 2.05) is 19.9 Å². The zero-order valence-electron chi connectivity index (χ0n) is 14.5. The van der Waals surface area contributed by atoms with Crippen LogP contribution >= 0.6 is 0 Å². The largest absolute Gasteiger partial charge is 0.467 e. The van der Waals surface area contributed by atoms with Crippen molar-refractivity contribution >= 4 is 17.7 Å². The maximum Gasteiger partial charge on any atom is 0.310 e. The molecule has 1 aliphatic heterocycles. The van der Waals surface area contributed by atoms with E-state index in [1.54, 1.807) is 43.5 Å². The average molecular weight is 340 g/mol. The molecule has 0 atom stereocenters. The van der Waals surface area contributed by atoms with Crippen molar-refractivity contribution in [1.29, 1.82) is 0 Å². The van der Waals surface area contributed by atoms with Crippen molar-refractivity contribution in [3.05, 3.63) is 53.7 Å². The number of esters is 1. The summed E-state index contributed by atoms with van der Waals surface area (Å²) >= 11 is 0. The molecule has 0 radical (unpaired) electrons. The summed E-state index contributed by atoms with van der Waals surface area (Å²) in [6, 6.07) is 10.6. The topological polar surface area (TPSA) is 68.7 Å². The average Bonchev–Trinajstić information content (AvgIpc) is 2.56. The highest BCUT2D eigenvalue weighted by atomic mass is 16.5. The van der Waals surface area contributed by atoms with E-state index < -0.39 is 5.72 Å². The van der Waals surface area contributed by atoms with Gasteiger partial charge in [0.1, 0.15) is 11.6 Å². The third-order valence-corrected chi connectivity index (χ3v) is 3.91. The quantitative estimate of drug-likeness (QED) is 0.801. The molecule has 2 heterocycles. The van der Waals surface area contributed by atoms with Gasteiger partial charge in [0.15, 0.2) is 5.72 Å². The fourth-order valence-corrected chi connectivity index (χ4v) is 2.82. The maximum absolute atomic E-state index is 12.9. The van der Waals surface area contributed by atoms with Crippen molar-refractivity contribution < 1.29 is 19.1 Å². The van der Waals surface area contributed by atoms with Gasteiger partial charge in [-0.15, -0.1) is 0 Å². The van der Waals surface area contributed by atoms with E-state index in [0.29, 0.717) is 23.7 Å². The molecule has 0 bridgehead atoms. The number of pyridine rings is 1. The van der Waals surface area contributed by atoms with Crippen molar-refractivity contribution in [3.63, 3.8) is 0 Å². The first-order valence-corrected chi connectivity index (χ1v) is 8.15. The van der Waals surface area contributed by atoms with Crippen LogP contribution in [0.5, 0.6) is 5.75 Å². The Morgan fingerprint density at radius 1 is 1.24 bits per heavy atom. The molecule has 1 aromatic heterocycles. The number of para-hydroxylation sites is 1. The number of hydrogen-bond donors (Lipinski definition) is 0. The molecule has 0 saturated heterocycles. The minimum atomic E-state index is -0.874. The van der Waals surface area contributed by atoms with Gasteiger partial charge >= 0.3 is 5.97 Å². The number of aromatic nitrogens is 1. The Morgan fingerprint density at radius 3 is 2.68 bits per heavy atom. The number of carbonyl (C=O) groups is 2. The highest BCUT2D eigenvalue weighted by molar-refractivity contribution is 6.09. The van der Waals surface area contributed by atoms with Crippen molar-refractivity contribution in [1.82, 2.24) is 4.98 Å². The van der Waals surface area contributed by atoms with E-state index in [-0.39, 0.29) is 18.3 Å². The van der Waals surface area contributed by atoms with Gasteiger partial charge in [-0.25, -0.2) is 4.98 Å². The Kier molecular flexibility index (Phi) is 4.44. The fraction of sp³-hybridized carbons (Fsp3) is 0.316. The highest BCUT2D eigenvalue weighted by Crippen LogP contribution is 2.35. The van der Waals surface area contributed by atoms with E-state index in [4.69, 9.17) is 9.47 Å². The molecule has 0 fully saturated rings. The Labute approximate surface area is 146 Å². The third-order valence-electron chi connectivity index (χ3n) is 3.91. The van der Waals surface area contributed by atoms with E-state index in [2.05, 4.69) is 4.98 Å². The second kappa shape index (κ2) is 6.55. The molecule has 0 unspecified atom stereocenters. The van der Waals surface area contributed by atoms with Gasteiger partial charge in [0.25, 0.3) is 5.91 Å². The molecule has 0 aliphatic carbocycles. The lowest BCUT2D eigenvalue weighted by Crippen LogP contribution is -2.55. The summed E-state index contributed by atoms with van der Waals surface area (Å²) in [5, 5.41) is 0. The number of carbonyl (C=O) groups excluding carboxylic acids is 2. The molecule has 130 valence electrons. The van der Waals surface area contributed by atoms with Crippen molar-refractivity contribution in [2.24, 2.45) is 0 Å². The molecule has 6 heteroatoms. The Hall–Kier alpha value is -2.89. The summed E-state index contributed by atoms with van der Waals surface area (Å²) in [6.45, 7) is 5.74. The van der Waals surface area contributed by atoms with E-state index >= 15 is 0 Å². The Bertz CT molecular complexity index is 799. The monoisotopic (exact) mass is 340 g/mol. The first-order chi connectivity index (χ1) is 11.9. The zero-order valence-corrected chi connectivity index (χ0v) is 14.5. The molecular weight excluding hydrogens is 320 g/mol. The summed E-state index contributed by atoms with van der Waals surface area (Å²) in [4.78, 5) is 30.3. The number of anilines is 1. The van der Waals surface area contributed by atoms with Crippen LogP contribution in [0.1, 0.15) is 36.7 Å². The molecule has 0 saturated carbocycles. The zero-order chi connectivity index (χ0) is 18.0. The second-order valence-corrected chi connectivity index (χ2v) is 6.19. The van der Waals surface area contributed by atoms with Gasteiger partial charge in [-0.05, 0) is 44.5 Å². The molecule has 2 aromatic rings. The van der Waals surface area contributed by atoms with Gasteiger partial charge in [0.2, 0.25) is 0 Å². The standard InChI is InChI=1S/C19H20N2O4/c1-4-24-17(22)11-13-9-10-16(20-12-13)21-18(23)14-7-5-6-8-15(14)25-19(21,2)3/h5-10,12H,4,11H2,1-3H3. The highest BCUT2D eigenvalue weighted by Gasteiger charge is 2.41. The molecule has 1 aromatic carbocycles. The minimum absolute atomic E-state index is 0.151. The van der Waals surface area contributed by atoms with Crippen LogP contribution in [0.3, 0.4) is 0 Å². The summed E-state index contributed by atoms with van der Waals surface area (Å²) in [7, 11) is 0. The SMILES string of the molecule is CCOC(=O)Cc1ccc(N2C(=O)c3ccccc3OC2(C)C)nc1. The van der Waals surface area contributed by atoms with Gasteiger partial charge < -0.3 is 9.47 Å². The summed E-state index contributed by atoms with van der Waals surface area (Å²) in [6.07, 6.45) is 1.73. The normalized spacial score (nSPS) is 15.3. The van der Waals surface area contributed by atoms with Crippen LogP contribution in [0.15, 0.2) is 42.6 Å². The van der Waals surface area contributed by atoms with Crippen molar-refractivity contribution in [2.75, 3.05) is 11.5 Å². The maximum atomic E-state index is 12.9. The third kappa shape index (κ3) is 3.33. The number of ether oxygens (including phenoxy) is 2. The second-order valence-electron chi connectivity index (χ2n) is 6.19. The summed E-state index contributed by atoms with van der Waals surface area (Å²) in [5.41, 5.74) is 0.353. The van der Waals surface area contributed by atoms with Crippen LogP contribution < -0.4 is 9.64 Å². The van der Waals surface area contributed by atoms with Crippen LogP contribution in [0.25, 0.3) is 0 Å². The number of fused-ring (bicyclic) bond motifs is 1. The molecule has 0 spiro atoms. The number of rotatable bonds is 4. The lowest BCUT2D eigenvalue weighted by Gasteiger charge is -2.41. The van der Waals surface area contributed by atoms with Gasteiger partial charge in [-0.1, -0.05) is 18.2 Å². The summed E-state index contributed by atoms with van der Waals surface area (Å²) in [5.74, 6) is 0.561. The van der Waals surface area contributed by atoms with Gasteiger partial charge in [0.05, 0.1) is 18.6 Å². The fourth-order valence-electron chi connectivity index (χ4n) is 2.82. The number of hydrogen-bond acceptors (Lipinski definition) is 5. The van der Waals surface area contributed by atoms with E-state index in [9.17, 15) is 9.59 Å². The van der Waals surface area contributed by atoms with Crippen LogP contribution in [0.2, 0.25) is 0 Å². The predicted octanol–water partition coefficient (Wildman–Crippen LogP) is 2.96. The Morgan fingerprint density at radius 2 is 2.00 bits per heavy atom. The van der Waals surface area contributed by atoms with Crippen LogP contribution in [0.4, 0.5) is 5.82 Å². The van der Waals surface area contributed by atoms with E-state index in [1.165, 1.54) is 4.90 Å². The van der Waals surface area contributed by atoms with Gasteiger partial charge in [-0.2, -0.15) is 0 Å². The molecule has 0 N–H and O–H groups in total. The summed E-state index contributed by atoms with van der Waals surface area (Å²) < 4.78 is 10.9. The van der Waals surface area contributed by atoms with E-state index in [0.717, 1.165) is 5.56 Å².